The highest BCUT2D eigenvalue weighted by atomic mass is 32.1. The zero-order chi connectivity index (χ0) is 17.2. The highest BCUT2D eigenvalue weighted by Crippen LogP contribution is 2.34. The quantitative estimate of drug-likeness (QED) is 0.616. The van der Waals surface area contributed by atoms with Gasteiger partial charge in [-0.25, -0.2) is 4.79 Å². The smallest absolute Gasteiger partial charge is 0.416 e. The number of hydrogen-bond acceptors (Lipinski definition) is 3. The maximum absolute atomic E-state index is 13.2. The molecule has 1 aromatic rings. The Morgan fingerprint density at radius 2 is 2.13 bits per heavy atom. The van der Waals surface area contributed by atoms with Crippen LogP contribution in [-0.4, -0.2) is 35.6 Å². The summed E-state index contributed by atoms with van der Waals surface area (Å²) < 4.78 is 44.4. The Bertz CT molecular complexity index is 616. The molecule has 1 fully saturated rings. The molecule has 1 aliphatic rings. The van der Waals surface area contributed by atoms with Crippen LogP contribution in [-0.2, 0) is 22.1 Å². The summed E-state index contributed by atoms with van der Waals surface area (Å²) in [7, 11) is 1.28. The third kappa shape index (κ3) is 3.65. The second kappa shape index (κ2) is 6.86. The van der Waals surface area contributed by atoms with Crippen LogP contribution in [0.15, 0.2) is 18.2 Å². The minimum absolute atomic E-state index is 0.250. The van der Waals surface area contributed by atoms with Gasteiger partial charge in [0.1, 0.15) is 11.0 Å². The molecule has 0 aliphatic carbocycles. The normalized spacial score (nSPS) is 17.6. The van der Waals surface area contributed by atoms with E-state index in [1.165, 1.54) is 13.2 Å². The summed E-state index contributed by atoms with van der Waals surface area (Å²) in [5, 5.41) is 0. The Morgan fingerprint density at radius 1 is 1.43 bits per heavy atom. The molecule has 0 amide bonds. The first-order valence-corrected chi connectivity index (χ1v) is 7.79. The van der Waals surface area contributed by atoms with E-state index in [0.717, 1.165) is 6.07 Å². The maximum atomic E-state index is 13.2. The fraction of sp³-hybridized carbons (Fsp3) is 0.500. The number of thiocarbonyl (C=S) groups is 1. The van der Waals surface area contributed by atoms with Crippen molar-refractivity contribution < 1.29 is 22.7 Å². The average Bonchev–Trinajstić information content (AvgIpc) is 2.45. The van der Waals surface area contributed by atoms with Gasteiger partial charge in [0.05, 0.1) is 12.7 Å². The van der Waals surface area contributed by atoms with Crippen LogP contribution in [0, 0.1) is 0 Å². The van der Waals surface area contributed by atoms with Crippen LogP contribution < -0.4 is 0 Å². The third-order valence-corrected chi connectivity index (χ3v) is 4.41. The van der Waals surface area contributed by atoms with E-state index < -0.39 is 23.8 Å². The predicted octanol–water partition coefficient (Wildman–Crippen LogP) is 3.58. The van der Waals surface area contributed by atoms with Crippen LogP contribution in [0.1, 0.15) is 36.5 Å². The summed E-state index contributed by atoms with van der Waals surface area (Å²) in [6, 6.07) is 3.65. The van der Waals surface area contributed by atoms with Crippen molar-refractivity contribution in [1.82, 2.24) is 4.90 Å². The van der Waals surface area contributed by atoms with E-state index in [-0.39, 0.29) is 10.6 Å². The number of likely N-dealkylation sites (tertiary alicyclic amines) is 1. The van der Waals surface area contributed by atoms with Gasteiger partial charge in [-0.15, -0.1) is 0 Å². The molecule has 1 saturated heterocycles. The molecular formula is C16H18F3NO2S. The molecule has 3 nitrogen and oxygen atoms in total. The van der Waals surface area contributed by atoms with Crippen molar-refractivity contribution in [2.45, 2.75) is 38.4 Å². The summed E-state index contributed by atoms with van der Waals surface area (Å²) >= 11 is 5.28. The number of nitrogens with zero attached hydrogens (tertiary/aromatic N) is 1. The van der Waals surface area contributed by atoms with Gasteiger partial charge >= 0.3 is 12.1 Å². The fourth-order valence-electron chi connectivity index (χ4n) is 2.64. The molecule has 126 valence electrons. The van der Waals surface area contributed by atoms with E-state index in [4.69, 9.17) is 12.2 Å². The van der Waals surface area contributed by atoms with Gasteiger partial charge in [0, 0.05) is 12.1 Å². The van der Waals surface area contributed by atoms with Gasteiger partial charge < -0.3 is 9.64 Å². The lowest BCUT2D eigenvalue weighted by atomic mass is 9.97. The first-order valence-electron chi connectivity index (χ1n) is 7.38. The molecule has 2 rings (SSSR count). The molecule has 1 atom stereocenters. The zero-order valence-corrected chi connectivity index (χ0v) is 13.8. The predicted molar refractivity (Wildman–Crippen MR) is 84.3 cm³/mol. The van der Waals surface area contributed by atoms with Crippen LogP contribution in [0.5, 0.6) is 0 Å². The van der Waals surface area contributed by atoms with Gasteiger partial charge in [-0.2, -0.15) is 13.2 Å². The maximum Gasteiger partial charge on any atom is 0.416 e. The number of carbonyl (C=O) groups excluding carboxylic acids is 1. The molecule has 1 aliphatic heterocycles. The van der Waals surface area contributed by atoms with Crippen molar-refractivity contribution in [1.29, 1.82) is 0 Å². The van der Waals surface area contributed by atoms with Gasteiger partial charge in [-0.1, -0.05) is 37.7 Å². The highest BCUT2D eigenvalue weighted by molar-refractivity contribution is 7.80. The van der Waals surface area contributed by atoms with Crippen molar-refractivity contribution >= 4 is 23.2 Å². The van der Waals surface area contributed by atoms with Gasteiger partial charge in [-0.05, 0) is 24.5 Å². The molecule has 0 bridgehead atoms. The number of alkyl halides is 3. The molecule has 0 radical (unpaired) electrons. The number of ether oxygens (including phenoxy) is 1. The first kappa shape index (κ1) is 17.7. The van der Waals surface area contributed by atoms with Crippen molar-refractivity contribution in [2.75, 3.05) is 13.7 Å². The highest BCUT2D eigenvalue weighted by Gasteiger charge is 2.38. The Hall–Kier alpha value is -1.63. The van der Waals surface area contributed by atoms with Gasteiger partial charge in [0.2, 0.25) is 0 Å². The Labute approximate surface area is 138 Å². The van der Waals surface area contributed by atoms with E-state index in [9.17, 15) is 18.0 Å². The van der Waals surface area contributed by atoms with Crippen molar-refractivity contribution in [3.63, 3.8) is 0 Å². The minimum atomic E-state index is -4.42. The van der Waals surface area contributed by atoms with E-state index in [1.54, 1.807) is 11.0 Å². The average molecular weight is 345 g/mol. The molecule has 0 spiro atoms. The van der Waals surface area contributed by atoms with Crippen molar-refractivity contribution in [3.05, 3.63) is 34.9 Å². The topological polar surface area (TPSA) is 29.5 Å². The second-order valence-corrected chi connectivity index (χ2v) is 5.83. The summed E-state index contributed by atoms with van der Waals surface area (Å²) in [4.78, 5) is 13.5. The first-order chi connectivity index (χ1) is 10.8. The number of carbonyl (C=O) groups is 1. The van der Waals surface area contributed by atoms with Crippen LogP contribution in [0.4, 0.5) is 13.2 Å². The summed E-state index contributed by atoms with van der Waals surface area (Å²) in [6.45, 7) is 2.37. The van der Waals surface area contributed by atoms with E-state index in [2.05, 4.69) is 4.74 Å². The van der Waals surface area contributed by atoms with Gasteiger partial charge in [0.15, 0.2) is 0 Å². The van der Waals surface area contributed by atoms with Crippen LogP contribution in [0.2, 0.25) is 0 Å². The van der Waals surface area contributed by atoms with Crippen molar-refractivity contribution in [2.24, 2.45) is 0 Å². The molecule has 1 unspecified atom stereocenters. The summed E-state index contributed by atoms with van der Waals surface area (Å²) in [6.07, 6.45) is -2.85. The molecule has 23 heavy (non-hydrogen) atoms. The lowest BCUT2D eigenvalue weighted by Gasteiger charge is -2.40. The lowest BCUT2D eigenvalue weighted by molar-refractivity contribution is -0.148. The van der Waals surface area contributed by atoms with Crippen LogP contribution in [0.25, 0.3) is 0 Å². The van der Waals surface area contributed by atoms with Crippen molar-refractivity contribution in [3.8, 4) is 0 Å². The van der Waals surface area contributed by atoms with Crippen LogP contribution in [0.3, 0.4) is 0 Å². The van der Waals surface area contributed by atoms with E-state index in [0.29, 0.717) is 31.4 Å². The van der Waals surface area contributed by atoms with Gasteiger partial charge in [0.25, 0.3) is 0 Å². The molecular weight excluding hydrogens is 327 g/mol. The molecule has 1 heterocycles. The Balaban J connectivity index is 2.30. The molecule has 1 aromatic carbocycles. The van der Waals surface area contributed by atoms with E-state index >= 15 is 0 Å². The monoisotopic (exact) mass is 345 g/mol. The van der Waals surface area contributed by atoms with Gasteiger partial charge in [-0.3, -0.25) is 0 Å². The summed E-state index contributed by atoms with van der Waals surface area (Å²) in [5.41, 5.74) is -0.0881. The molecule has 0 N–H and O–H groups in total. The zero-order valence-electron chi connectivity index (χ0n) is 12.9. The second-order valence-electron chi connectivity index (χ2n) is 5.45. The number of rotatable bonds is 4. The number of benzene rings is 1. The number of methoxy groups -OCH3 is 1. The summed E-state index contributed by atoms with van der Waals surface area (Å²) in [5.74, 6) is -0.419. The largest absolute Gasteiger partial charge is 0.467 e. The molecule has 7 heteroatoms. The minimum Gasteiger partial charge on any atom is -0.467 e. The van der Waals surface area contributed by atoms with Crippen LogP contribution >= 0.6 is 12.2 Å². The Morgan fingerprint density at radius 3 is 2.61 bits per heavy atom. The lowest BCUT2D eigenvalue weighted by Crippen LogP contribution is -2.55. The SMILES string of the molecule is CCCc1ccc(C(=S)N2CCC2C(=O)OC)cc1C(F)(F)F. The molecule has 0 aromatic heterocycles. The third-order valence-electron chi connectivity index (χ3n) is 3.94. The number of aryl methyl sites for hydroxylation is 1. The Kier molecular flexibility index (Phi) is 5.29. The standard InChI is InChI=1S/C16H18F3NO2S/c1-3-4-10-5-6-11(9-12(10)16(17,18)19)14(23)20-8-7-13(20)15(21)22-2/h5-6,9,13H,3-4,7-8H2,1-2H3. The number of esters is 1. The van der Waals surface area contributed by atoms with E-state index in [1.807, 2.05) is 6.92 Å². The molecule has 0 saturated carbocycles. The fourth-order valence-corrected chi connectivity index (χ4v) is 2.98. The number of halogens is 3. The number of hydrogen-bond donors (Lipinski definition) is 0.